The minimum Gasteiger partial charge on any atom is -0.491 e. The fourth-order valence-electron chi connectivity index (χ4n) is 5.35. The Balaban J connectivity index is 1.09. The average molecular weight is 605 g/mol. The first kappa shape index (κ1) is 29.7. The average Bonchev–Trinajstić information content (AvgIpc) is 3.66. The van der Waals surface area contributed by atoms with Gasteiger partial charge in [0.1, 0.15) is 18.5 Å². The summed E-state index contributed by atoms with van der Waals surface area (Å²) in [5.74, 6) is 0.349. The summed E-state index contributed by atoms with van der Waals surface area (Å²) < 4.78 is 66.3. The first-order valence-corrected chi connectivity index (χ1v) is 16.5. The summed E-state index contributed by atoms with van der Waals surface area (Å²) >= 11 is 0. The maximum Gasteiger partial charge on any atom is 0.243 e. The molecular formula is C28H36N4O7S2. The molecule has 1 unspecified atom stereocenters. The fraction of sp³-hybridized carbons (Fsp3) is 0.429. The minimum absolute atomic E-state index is 0.00707. The maximum atomic E-state index is 13.4. The smallest absolute Gasteiger partial charge is 0.243 e. The second kappa shape index (κ2) is 12.2. The maximum absolute atomic E-state index is 13.4. The van der Waals surface area contributed by atoms with Gasteiger partial charge in [-0.25, -0.2) is 21.6 Å². The number of sulfonamides is 2. The van der Waals surface area contributed by atoms with E-state index in [9.17, 15) is 21.9 Å². The summed E-state index contributed by atoms with van der Waals surface area (Å²) in [4.78, 5) is 3.37. The van der Waals surface area contributed by atoms with Crippen LogP contribution >= 0.6 is 0 Å². The van der Waals surface area contributed by atoms with Gasteiger partial charge in [-0.2, -0.15) is 4.31 Å². The second-order valence-corrected chi connectivity index (χ2v) is 14.3. The predicted molar refractivity (Wildman–Crippen MR) is 154 cm³/mol. The van der Waals surface area contributed by atoms with Crippen molar-refractivity contribution in [2.24, 2.45) is 0 Å². The lowest BCUT2D eigenvalue weighted by atomic mass is 9.88. The third-order valence-corrected chi connectivity index (χ3v) is 11.0. The Kier molecular flexibility index (Phi) is 8.85. The molecule has 0 amide bonds. The molecule has 2 aliphatic rings. The van der Waals surface area contributed by atoms with Gasteiger partial charge >= 0.3 is 0 Å². The van der Waals surface area contributed by atoms with E-state index in [1.165, 1.54) is 23.5 Å². The molecule has 41 heavy (non-hydrogen) atoms. The van der Waals surface area contributed by atoms with Crippen molar-refractivity contribution < 1.29 is 31.4 Å². The molecule has 0 aliphatic carbocycles. The van der Waals surface area contributed by atoms with Gasteiger partial charge in [0.25, 0.3) is 0 Å². The summed E-state index contributed by atoms with van der Waals surface area (Å²) in [5, 5.41) is 13.8. The van der Waals surface area contributed by atoms with Crippen molar-refractivity contribution in [3.63, 3.8) is 0 Å². The molecule has 0 saturated carbocycles. The zero-order chi connectivity index (χ0) is 29.1. The molecule has 5 rings (SSSR count). The van der Waals surface area contributed by atoms with Crippen LogP contribution in [0, 0.1) is 0 Å². The van der Waals surface area contributed by atoms with Gasteiger partial charge in [-0.05, 0) is 67.8 Å². The van der Waals surface area contributed by atoms with E-state index in [-0.39, 0.29) is 29.0 Å². The summed E-state index contributed by atoms with van der Waals surface area (Å²) in [6, 6.07) is 15.0. The lowest BCUT2D eigenvalue weighted by molar-refractivity contribution is -0.0312. The van der Waals surface area contributed by atoms with E-state index in [2.05, 4.69) is 15.0 Å². The van der Waals surface area contributed by atoms with Crippen molar-refractivity contribution in [2.75, 3.05) is 39.9 Å². The highest BCUT2D eigenvalue weighted by Crippen LogP contribution is 2.37. The van der Waals surface area contributed by atoms with Crippen molar-refractivity contribution in [2.45, 2.75) is 46.8 Å². The van der Waals surface area contributed by atoms with Gasteiger partial charge in [0.15, 0.2) is 0 Å². The van der Waals surface area contributed by atoms with Crippen LogP contribution in [0.1, 0.15) is 19.3 Å². The Bertz CT molecular complexity index is 1540. The normalized spacial score (nSPS) is 20.3. The van der Waals surface area contributed by atoms with Crippen LogP contribution in [-0.4, -0.2) is 88.9 Å². The molecule has 4 N–H and O–H groups in total. The summed E-state index contributed by atoms with van der Waals surface area (Å²) in [6.07, 6.45) is 4.74. The molecular weight excluding hydrogens is 568 g/mol. The van der Waals surface area contributed by atoms with Crippen molar-refractivity contribution in [1.82, 2.24) is 19.3 Å². The number of H-pyrrole nitrogens is 1. The number of piperidine rings is 1. The number of hydrogen-bond acceptors (Lipinski definition) is 8. The Hall–Kier alpha value is -2.78. The molecule has 0 bridgehead atoms. The van der Waals surface area contributed by atoms with Gasteiger partial charge in [0.05, 0.1) is 22.0 Å². The number of aromatic nitrogens is 1. The third-order valence-electron chi connectivity index (χ3n) is 7.71. The largest absolute Gasteiger partial charge is 0.491 e. The molecule has 1 spiro atoms. The SMILES string of the molecule is CNS(=O)(=O)c1cccc(OC[C@@H](O)CNC2COC3(CCN(S(=O)(=O)c4cccc(-c5cc[nH]c5)c4)CC3)C2)c1. The van der Waals surface area contributed by atoms with Crippen molar-refractivity contribution in [1.29, 1.82) is 0 Å². The highest BCUT2D eigenvalue weighted by atomic mass is 32.2. The predicted octanol–water partition coefficient (Wildman–Crippen LogP) is 1.93. The summed E-state index contributed by atoms with van der Waals surface area (Å²) in [6.45, 7) is 1.50. The monoisotopic (exact) mass is 604 g/mol. The number of aromatic amines is 1. The van der Waals surface area contributed by atoms with Crippen molar-refractivity contribution in [3.05, 3.63) is 67.0 Å². The van der Waals surface area contributed by atoms with Crippen LogP contribution in [0.2, 0.25) is 0 Å². The van der Waals surface area contributed by atoms with Gasteiger partial charge in [-0.15, -0.1) is 0 Å². The van der Waals surface area contributed by atoms with Crippen LogP contribution < -0.4 is 14.8 Å². The number of aliphatic hydroxyl groups excluding tert-OH is 1. The van der Waals surface area contributed by atoms with E-state index in [0.29, 0.717) is 38.3 Å². The Morgan fingerprint density at radius 3 is 2.56 bits per heavy atom. The first-order chi connectivity index (χ1) is 19.6. The van der Waals surface area contributed by atoms with E-state index in [4.69, 9.17) is 9.47 Å². The molecule has 2 fully saturated rings. The van der Waals surface area contributed by atoms with Gasteiger partial charge in [-0.3, -0.25) is 0 Å². The van der Waals surface area contributed by atoms with Crippen LogP contribution in [0.15, 0.2) is 76.8 Å². The number of rotatable bonds is 11. The van der Waals surface area contributed by atoms with Gasteiger partial charge < -0.3 is 24.9 Å². The number of nitrogens with zero attached hydrogens (tertiary/aromatic N) is 1. The Morgan fingerprint density at radius 2 is 1.83 bits per heavy atom. The molecule has 3 aromatic rings. The van der Waals surface area contributed by atoms with E-state index in [1.807, 2.05) is 18.3 Å². The molecule has 2 aromatic carbocycles. The molecule has 2 saturated heterocycles. The summed E-state index contributed by atoms with van der Waals surface area (Å²) in [7, 11) is -5.88. The zero-order valence-electron chi connectivity index (χ0n) is 22.8. The highest BCUT2D eigenvalue weighted by molar-refractivity contribution is 7.89. The van der Waals surface area contributed by atoms with Crippen LogP contribution in [0.4, 0.5) is 0 Å². The van der Waals surface area contributed by atoms with E-state index < -0.39 is 31.8 Å². The molecule has 1 aromatic heterocycles. The van der Waals surface area contributed by atoms with E-state index in [1.54, 1.807) is 36.5 Å². The zero-order valence-corrected chi connectivity index (χ0v) is 24.5. The van der Waals surface area contributed by atoms with Crippen LogP contribution in [0.25, 0.3) is 11.1 Å². The lowest BCUT2D eigenvalue weighted by Crippen LogP contribution is -2.47. The number of ether oxygens (including phenoxy) is 2. The number of benzene rings is 2. The molecule has 0 radical (unpaired) electrons. The lowest BCUT2D eigenvalue weighted by Gasteiger charge is -2.38. The van der Waals surface area contributed by atoms with Crippen LogP contribution in [-0.2, 0) is 24.8 Å². The first-order valence-electron chi connectivity index (χ1n) is 13.6. The van der Waals surface area contributed by atoms with Crippen LogP contribution in [0.3, 0.4) is 0 Å². The van der Waals surface area contributed by atoms with E-state index in [0.717, 1.165) is 17.5 Å². The highest BCUT2D eigenvalue weighted by Gasteiger charge is 2.44. The molecule has 3 heterocycles. The topological polar surface area (TPSA) is 150 Å². The van der Waals surface area contributed by atoms with E-state index >= 15 is 0 Å². The Labute approximate surface area is 241 Å². The molecule has 2 atom stereocenters. The standard InChI is InChI=1S/C28H36N4O7S2/c1-29-40(34,35)26-6-3-5-25(15-26)38-20-24(33)18-31-23-16-28(39-19-23)9-12-32(13-10-28)41(36,37)27-7-2-4-21(14-27)22-8-11-30-17-22/h2-8,11,14-15,17,23-24,29-31,33H,9-10,12-13,16,18-20H2,1H3/t23?,24-/m0/s1. The second-order valence-electron chi connectivity index (χ2n) is 10.5. The van der Waals surface area contributed by atoms with Crippen molar-refractivity contribution >= 4 is 20.0 Å². The molecule has 2 aliphatic heterocycles. The molecule has 13 heteroatoms. The van der Waals surface area contributed by atoms with Gasteiger partial charge in [0.2, 0.25) is 20.0 Å². The van der Waals surface area contributed by atoms with Crippen molar-refractivity contribution in [3.8, 4) is 16.9 Å². The molecule has 11 nitrogen and oxygen atoms in total. The molecule has 222 valence electrons. The minimum atomic E-state index is -3.63. The number of hydrogen-bond donors (Lipinski definition) is 4. The van der Waals surface area contributed by atoms with Gasteiger partial charge in [-0.1, -0.05) is 18.2 Å². The third kappa shape index (κ3) is 6.83. The fourth-order valence-corrected chi connectivity index (χ4v) is 7.60. The van der Waals surface area contributed by atoms with Gasteiger partial charge in [0, 0.05) is 44.1 Å². The number of aliphatic hydroxyl groups is 1. The quantitative estimate of drug-likeness (QED) is 0.259. The number of nitrogens with one attached hydrogen (secondary N) is 3. The Morgan fingerprint density at radius 1 is 1.07 bits per heavy atom. The summed E-state index contributed by atoms with van der Waals surface area (Å²) in [5.41, 5.74) is 1.39. The van der Waals surface area contributed by atoms with Crippen LogP contribution in [0.5, 0.6) is 5.75 Å².